The first-order valence-corrected chi connectivity index (χ1v) is 7.82. The lowest BCUT2D eigenvalue weighted by Crippen LogP contribution is -2.21. The van der Waals surface area contributed by atoms with Crippen molar-refractivity contribution in [3.63, 3.8) is 0 Å². The van der Waals surface area contributed by atoms with E-state index in [4.69, 9.17) is 46.4 Å². The number of carbonyl (C=O) groups is 1. The summed E-state index contributed by atoms with van der Waals surface area (Å²) in [5.41, 5.74) is 2.13. The summed E-state index contributed by atoms with van der Waals surface area (Å²) in [6, 6.07) is 8.47. The fourth-order valence-corrected chi connectivity index (χ4v) is 2.47. The first-order valence-electron chi connectivity index (χ1n) is 6.31. The van der Waals surface area contributed by atoms with Crippen molar-refractivity contribution in [3.8, 4) is 0 Å². The van der Waals surface area contributed by atoms with Crippen LogP contribution in [0.15, 0.2) is 30.3 Å². The Morgan fingerprint density at radius 1 is 0.955 bits per heavy atom. The van der Waals surface area contributed by atoms with Crippen molar-refractivity contribution >= 4 is 63.7 Å². The average molecular weight is 378 g/mol. The van der Waals surface area contributed by atoms with Crippen LogP contribution in [-0.4, -0.2) is 12.5 Å². The molecule has 0 radical (unpaired) electrons. The smallest absolute Gasteiger partial charge is 0.243 e. The highest BCUT2D eigenvalue weighted by Crippen LogP contribution is 2.32. The first kappa shape index (κ1) is 17.2. The van der Waals surface area contributed by atoms with Gasteiger partial charge in [0.1, 0.15) is 0 Å². The van der Waals surface area contributed by atoms with Crippen molar-refractivity contribution in [2.75, 3.05) is 17.2 Å². The molecule has 0 bridgehead atoms. The molecule has 0 spiro atoms. The zero-order valence-electron chi connectivity index (χ0n) is 11.5. The fourth-order valence-electron chi connectivity index (χ4n) is 1.70. The summed E-state index contributed by atoms with van der Waals surface area (Å²) in [5.74, 6) is -0.267. The van der Waals surface area contributed by atoms with Crippen molar-refractivity contribution in [3.05, 3.63) is 56.0 Å². The fraction of sp³-hybridized carbons (Fsp3) is 0.133. The minimum atomic E-state index is -0.267. The van der Waals surface area contributed by atoms with Gasteiger partial charge in [-0.2, -0.15) is 0 Å². The minimum absolute atomic E-state index is 0.0654. The van der Waals surface area contributed by atoms with E-state index in [0.29, 0.717) is 25.8 Å². The van der Waals surface area contributed by atoms with E-state index < -0.39 is 0 Å². The predicted molar refractivity (Wildman–Crippen MR) is 94.8 cm³/mol. The Bertz CT molecular complexity index is 719. The van der Waals surface area contributed by atoms with Crippen molar-refractivity contribution in [1.29, 1.82) is 0 Å². The van der Waals surface area contributed by atoms with Crippen LogP contribution in [0.5, 0.6) is 0 Å². The van der Waals surface area contributed by atoms with Gasteiger partial charge in [0.25, 0.3) is 0 Å². The number of benzene rings is 2. The number of nitrogens with one attached hydrogen (secondary N) is 2. The third kappa shape index (κ3) is 4.43. The molecule has 3 nitrogen and oxygen atoms in total. The van der Waals surface area contributed by atoms with Crippen molar-refractivity contribution in [2.24, 2.45) is 0 Å². The van der Waals surface area contributed by atoms with Crippen LogP contribution in [0.2, 0.25) is 20.1 Å². The summed E-state index contributed by atoms with van der Waals surface area (Å²) >= 11 is 23.8. The maximum atomic E-state index is 11.9. The first-order chi connectivity index (χ1) is 10.4. The molecule has 0 aromatic heterocycles. The van der Waals surface area contributed by atoms with Gasteiger partial charge in [0, 0.05) is 10.7 Å². The molecular weight excluding hydrogens is 366 g/mol. The van der Waals surface area contributed by atoms with E-state index in [1.807, 2.05) is 19.1 Å². The van der Waals surface area contributed by atoms with E-state index in [9.17, 15) is 4.79 Å². The molecule has 7 heteroatoms. The predicted octanol–water partition coefficient (Wildman–Crippen LogP) is 5.66. The van der Waals surface area contributed by atoms with Crippen LogP contribution >= 0.6 is 46.4 Å². The summed E-state index contributed by atoms with van der Waals surface area (Å²) in [6.45, 7) is 1.97. The molecule has 1 amide bonds. The van der Waals surface area contributed by atoms with E-state index >= 15 is 0 Å². The lowest BCUT2D eigenvalue weighted by Gasteiger charge is -2.11. The van der Waals surface area contributed by atoms with Gasteiger partial charge < -0.3 is 10.6 Å². The number of amides is 1. The number of hydrogen-bond donors (Lipinski definition) is 2. The molecule has 0 aliphatic carbocycles. The number of anilines is 2. The van der Waals surface area contributed by atoms with Gasteiger partial charge in [0.2, 0.25) is 5.91 Å². The number of hydrogen-bond acceptors (Lipinski definition) is 2. The monoisotopic (exact) mass is 376 g/mol. The largest absolute Gasteiger partial charge is 0.376 e. The third-order valence-electron chi connectivity index (χ3n) is 2.91. The summed E-state index contributed by atoms with van der Waals surface area (Å²) in [7, 11) is 0. The topological polar surface area (TPSA) is 41.1 Å². The molecule has 0 unspecified atom stereocenters. The van der Waals surface area contributed by atoms with Crippen LogP contribution in [0.1, 0.15) is 5.56 Å². The van der Waals surface area contributed by atoms with Gasteiger partial charge in [-0.25, -0.2) is 0 Å². The van der Waals surface area contributed by atoms with E-state index in [1.54, 1.807) is 6.07 Å². The molecule has 0 heterocycles. The Morgan fingerprint density at radius 3 is 2.32 bits per heavy atom. The number of halogens is 4. The Hall–Kier alpha value is -1.13. The number of carbonyl (C=O) groups excluding carboxylic acids is 1. The SMILES string of the molecule is Cc1ccc(NCC(=O)Nc2cc(Cl)c(Cl)cc2Cl)cc1Cl. The molecular formula is C15H12Cl4N2O. The molecule has 2 N–H and O–H groups in total. The van der Waals surface area contributed by atoms with Gasteiger partial charge in [0.15, 0.2) is 0 Å². The molecule has 0 aliphatic heterocycles. The zero-order valence-corrected chi connectivity index (χ0v) is 14.5. The normalized spacial score (nSPS) is 10.4. The summed E-state index contributed by atoms with van der Waals surface area (Å²) < 4.78 is 0. The highest BCUT2D eigenvalue weighted by atomic mass is 35.5. The Kier molecular flexibility index (Phi) is 5.81. The summed E-state index contributed by atoms with van der Waals surface area (Å²) in [6.07, 6.45) is 0. The van der Waals surface area contributed by atoms with Crippen molar-refractivity contribution < 1.29 is 4.79 Å². The van der Waals surface area contributed by atoms with Crippen LogP contribution < -0.4 is 10.6 Å². The molecule has 2 aromatic rings. The molecule has 0 atom stereocenters. The Balaban J connectivity index is 1.98. The molecule has 116 valence electrons. The van der Waals surface area contributed by atoms with Gasteiger partial charge in [-0.05, 0) is 36.8 Å². The zero-order chi connectivity index (χ0) is 16.3. The molecule has 22 heavy (non-hydrogen) atoms. The van der Waals surface area contributed by atoms with E-state index in [2.05, 4.69) is 10.6 Å². The van der Waals surface area contributed by atoms with Crippen LogP contribution in [0.25, 0.3) is 0 Å². The summed E-state index contributed by atoms with van der Waals surface area (Å²) in [4.78, 5) is 11.9. The van der Waals surface area contributed by atoms with Crippen LogP contribution in [0, 0.1) is 6.92 Å². The Morgan fingerprint density at radius 2 is 1.64 bits per heavy atom. The number of rotatable bonds is 4. The lowest BCUT2D eigenvalue weighted by atomic mass is 10.2. The molecule has 0 aliphatic rings. The van der Waals surface area contributed by atoms with E-state index in [1.165, 1.54) is 12.1 Å². The molecule has 0 fully saturated rings. The molecule has 0 saturated heterocycles. The second-order valence-corrected chi connectivity index (χ2v) is 6.24. The molecule has 0 saturated carbocycles. The second-order valence-electron chi connectivity index (χ2n) is 4.61. The van der Waals surface area contributed by atoms with E-state index in [0.717, 1.165) is 11.3 Å². The number of aryl methyl sites for hydroxylation is 1. The highest BCUT2D eigenvalue weighted by molar-refractivity contribution is 6.44. The van der Waals surface area contributed by atoms with Crippen molar-refractivity contribution in [1.82, 2.24) is 0 Å². The average Bonchev–Trinajstić information content (AvgIpc) is 2.46. The van der Waals surface area contributed by atoms with Crippen LogP contribution in [0.4, 0.5) is 11.4 Å². The molecule has 2 aromatic carbocycles. The van der Waals surface area contributed by atoms with E-state index in [-0.39, 0.29) is 12.5 Å². The minimum Gasteiger partial charge on any atom is -0.376 e. The van der Waals surface area contributed by atoms with Gasteiger partial charge in [-0.1, -0.05) is 52.5 Å². The summed E-state index contributed by atoms with van der Waals surface area (Å²) in [5, 5.41) is 7.25. The maximum absolute atomic E-state index is 11.9. The lowest BCUT2D eigenvalue weighted by molar-refractivity contribution is -0.114. The maximum Gasteiger partial charge on any atom is 0.243 e. The van der Waals surface area contributed by atoms with Gasteiger partial charge in [-0.15, -0.1) is 0 Å². The third-order valence-corrected chi connectivity index (χ3v) is 4.35. The standard InChI is InChI=1S/C15H12Cl4N2O/c1-8-2-3-9(4-10(8)16)20-7-15(22)21-14-6-12(18)11(17)5-13(14)19/h2-6,20H,7H2,1H3,(H,21,22). The van der Waals surface area contributed by atoms with Gasteiger partial charge >= 0.3 is 0 Å². The van der Waals surface area contributed by atoms with Gasteiger partial charge in [-0.3, -0.25) is 4.79 Å². The van der Waals surface area contributed by atoms with Gasteiger partial charge in [0.05, 0.1) is 27.3 Å². The van der Waals surface area contributed by atoms with Crippen molar-refractivity contribution in [2.45, 2.75) is 6.92 Å². The second kappa shape index (κ2) is 7.42. The van der Waals surface area contributed by atoms with Crippen LogP contribution in [-0.2, 0) is 4.79 Å². The quantitative estimate of drug-likeness (QED) is 0.675. The Labute approximate surface area is 148 Å². The molecule has 2 rings (SSSR count). The highest BCUT2D eigenvalue weighted by Gasteiger charge is 2.09. The van der Waals surface area contributed by atoms with Crippen LogP contribution in [0.3, 0.4) is 0 Å².